The summed E-state index contributed by atoms with van der Waals surface area (Å²) in [5.41, 5.74) is 6.77. The fourth-order valence-electron chi connectivity index (χ4n) is 5.54. The smallest absolute Gasteiger partial charge is 0.176 e. The van der Waals surface area contributed by atoms with Crippen molar-refractivity contribution in [2.45, 2.75) is 46.0 Å². The maximum Gasteiger partial charge on any atom is 0.176 e. The van der Waals surface area contributed by atoms with Gasteiger partial charge in [0.25, 0.3) is 0 Å². The predicted molar refractivity (Wildman–Crippen MR) is 127 cm³/mol. The number of ketones is 1. The summed E-state index contributed by atoms with van der Waals surface area (Å²) in [7, 11) is 0. The quantitative estimate of drug-likeness (QED) is 0.546. The standard InChI is InChI=1S/C28H26N4O/c1-16-5-7-19(8-6-16)24-22-9-10-23-18(3)25(33)21(15-29)14-28(23,4)26(22)32-27(31-24)20-11-12-30-17(2)13-20/h5-8,11-14,18,23H,9-10H2,1-4H3/t18-,23-,28-/m1/s1. The lowest BCUT2D eigenvalue weighted by Crippen LogP contribution is -2.46. The third-order valence-electron chi connectivity index (χ3n) is 7.32. The summed E-state index contributed by atoms with van der Waals surface area (Å²) in [6.45, 7) is 8.11. The van der Waals surface area contributed by atoms with Crippen LogP contribution >= 0.6 is 0 Å². The maximum atomic E-state index is 12.8. The minimum absolute atomic E-state index is 0.0544. The Labute approximate surface area is 194 Å². The average molecular weight is 435 g/mol. The molecule has 164 valence electrons. The van der Waals surface area contributed by atoms with Crippen LogP contribution in [0.25, 0.3) is 22.6 Å². The van der Waals surface area contributed by atoms with Crippen molar-refractivity contribution in [3.05, 3.63) is 76.8 Å². The zero-order valence-electron chi connectivity index (χ0n) is 19.4. The highest BCUT2D eigenvalue weighted by Crippen LogP contribution is 2.50. The van der Waals surface area contributed by atoms with Crippen LogP contribution in [0, 0.1) is 37.0 Å². The van der Waals surface area contributed by atoms with Gasteiger partial charge in [-0.2, -0.15) is 5.26 Å². The van der Waals surface area contributed by atoms with Crippen LogP contribution in [0.3, 0.4) is 0 Å². The number of aryl methyl sites for hydroxylation is 2. The molecule has 0 amide bonds. The van der Waals surface area contributed by atoms with E-state index in [0.717, 1.165) is 46.6 Å². The number of carbonyl (C=O) groups is 1. The Hall–Kier alpha value is -3.65. The highest BCUT2D eigenvalue weighted by molar-refractivity contribution is 6.02. The lowest BCUT2D eigenvalue weighted by molar-refractivity contribution is -0.121. The number of benzene rings is 1. The van der Waals surface area contributed by atoms with Gasteiger partial charge in [-0.1, -0.05) is 49.8 Å². The Morgan fingerprint density at radius 1 is 1.09 bits per heavy atom. The number of fused-ring (bicyclic) bond motifs is 3. The van der Waals surface area contributed by atoms with E-state index < -0.39 is 5.41 Å². The second kappa shape index (κ2) is 7.74. The molecule has 0 aliphatic heterocycles. The normalized spacial score (nSPS) is 23.8. The molecule has 2 aliphatic carbocycles. The summed E-state index contributed by atoms with van der Waals surface area (Å²) in [5.74, 6) is 0.476. The van der Waals surface area contributed by atoms with Crippen LogP contribution < -0.4 is 0 Å². The van der Waals surface area contributed by atoms with Crippen molar-refractivity contribution < 1.29 is 4.79 Å². The van der Waals surface area contributed by atoms with Gasteiger partial charge in [-0.3, -0.25) is 9.78 Å². The highest BCUT2D eigenvalue weighted by atomic mass is 16.1. The second-order valence-corrected chi connectivity index (χ2v) is 9.53. The first-order valence-corrected chi connectivity index (χ1v) is 11.4. The first-order valence-electron chi connectivity index (χ1n) is 11.4. The third kappa shape index (κ3) is 3.38. The number of allylic oxidation sites excluding steroid dienone is 2. The van der Waals surface area contributed by atoms with E-state index in [-0.39, 0.29) is 23.2 Å². The van der Waals surface area contributed by atoms with Gasteiger partial charge >= 0.3 is 0 Å². The fraction of sp³-hybridized carbons (Fsp3) is 0.321. The van der Waals surface area contributed by atoms with Crippen molar-refractivity contribution in [1.82, 2.24) is 15.0 Å². The number of aromatic nitrogens is 3. The Kier molecular flexibility index (Phi) is 4.97. The van der Waals surface area contributed by atoms with E-state index in [2.05, 4.69) is 49.2 Å². The molecule has 0 bridgehead atoms. The van der Waals surface area contributed by atoms with E-state index >= 15 is 0 Å². The molecule has 5 heteroatoms. The van der Waals surface area contributed by atoms with Gasteiger partial charge in [0.15, 0.2) is 11.6 Å². The zero-order valence-corrected chi connectivity index (χ0v) is 19.4. The SMILES string of the molecule is Cc1ccc(-c2nc(-c3ccnc(C)c3)nc3c2CC[C@@H]2[C@@H](C)C(=O)C(C#N)=C[C@@]32C)cc1. The number of pyridine rings is 1. The molecular weight excluding hydrogens is 408 g/mol. The van der Waals surface area contributed by atoms with E-state index in [0.29, 0.717) is 5.82 Å². The molecule has 5 nitrogen and oxygen atoms in total. The van der Waals surface area contributed by atoms with Gasteiger partial charge < -0.3 is 0 Å². The van der Waals surface area contributed by atoms with Gasteiger partial charge in [-0.15, -0.1) is 0 Å². The van der Waals surface area contributed by atoms with Gasteiger partial charge in [-0.25, -0.2) is 9.97 Å². The van der Waals surface area contributed by atoms with Crippen LogP contribution in [-0.4, -0.2) is 20.7 Å². The number of Topliss-reactive ketones (excluding diaryl/α,β-unsaturated/α-hetero) is 1. The van der Waals surface area contributed by atoms with Crippen LogP contribution in [0.1, 0.15) is 42.8 Å². The summed E-state index contributed by atoms with van der Waals surface area (Å²) >= 11 is 0. The highest BCUT2D eigenvalue weighted by Gasteiger charge is 2.49. The number of rotatable bonds is 2. The molecule has 2 aromatic heterocycles. The van der Waals surface area contributed by atoms with Gasteiger partial charge in [0.1, 0.15) is 6.07 Å². The van der Waals surface area contributed by atoms with Crippen molar-refractivity contribution in [1.29, 1.82) is 5.26 Å². The van der Waals surface area contributed by atoms with Crippen molar-refractivity contribution in [3.8, 4) is 28.7 Å². The summed E-state index contributed by atoms with van der Waals surface area (Å²) in [6, 6.07) is 14.5. The van der Waals surface area contributed by atoms with Gasteiger partial charge in [-0.05, 0) is 44.7 Å². The van der Waals surface area contributed by atoms with Crippen molar-refractivity contribution in [2.24, 2.45) is 11.8 Å². The van der Waals surface area contributed by atoms with Gasteiger partial charge in [0.2, 0.25) is 0 Å². The lowest BCUT2D eigenvalue weighted by Gasteiger charge is -2.45. The molecule has 3 aromatic rings. The van der Waals surface area contributed by atoms with Gasteiger partial charge in [0.05, 0.1) is 17.0 Å². The molecule has 2 aliphatic rings. The van der Waals surface area contributed by atoms with Crippen LogP contribution in [0.15, 0.2) is 54.2 Å². The molecule has 0 saturated heterocycles. The Balaban J connectivity index is 1.81. The molecule has 1 aromatic carbocycles. The first kappa shape index (κ1) is 21.2. The molecule has 0 radical (unpaired) electrons. The molecule has 0 unspecified atom stereocenters. The van der Waals surface area contributed by atoms with E-state index in [1.807, 2.05) is 32.1 Å². The van der Waals surface area contributed by atoms with Crippen molar-refractivity contribution in [3.63, 3.8) is 0 Å². The largest absolute Gasteiger partial charge is 0.293 e. The first-order chi connectivity index (χ1) is 15.8. The van der Waals surface area contributed by atoms with E-state index in [1.54, 1.807) is 6.20 Å². The zero-order chi connectivity index (χ0) is 23.3. The molecule has 33 heavy (non-hydrogen) atoms. The molecular formula is C28H26N4O. The summed E-state index contributed by atoms with van der Waals surface area (Å²) in [6.07, 6.45) is 5.31. The van der Waals surface area contributed by atoms with Crippen LogP contribution in [-0.2, 0) is 16.6 Å². The Morgan fingerprint density at radius 3 is 2.55 bits per heavy atom. The molecule has 0 fully saturated rings. The minimum atomic E-state index is -0.509. The van der Waals surface area contributed by atoms with Crippen molar-refractivity contribution >= 4 is 5.78 Å². The molecule has 2 heterocycles. The summed E-state index contributed by atoms with van der Waals surface area (Å²) in [4.78, 5) is 27.3. The van der Waals surface area contributed by atoms with Crippen LogP contribution in [0.5, 0.6) is 0 Å². The number of nitrogens with zero attached hydrogens (tertiary/aromatic N) is 4. The van der Waals surface area contributed by atoms with E-state index in [4.69, 9.17) is 9.97 Å². The number of carbonyl (C=O) groups excluding carboxylic acids is 1. The summed E-state index contributed by atoms with van der Waals surface area (Å²) < 4.78 is 0. The van der Waals surface area contributed by atoms with Crippen LogP contribution in [0.4, 0.5) is 0 Å². The predicted octanol–water partition coefficient (Wildman–Crippen LogP) is 5.31. The lowest BCUT2D eigenvalue weighted by atomic mass is 9.57. The molecule has 5 rings (SSSR count). The Bertz CT molecular complexity index is 1350. The molecule has 0 saturated carbocycles. The minimum Gasteiger partial charge on any atom is -0.293 e. The second-order valence-electron chi connectivity index (χ2n) is 9.53. The number of nitriles is 1. The number of hydrogen-bond donors (Lipinski definition) is 0. The summed E-state index contributed by atoms with van der Waals surface area (Å²) in [5, 5.41) is 9.67. The molecule has 0 spiro atoms. The Morgan fingerprint density at radius 2 is 1.85 bits per heavy atom. The molecule has 3 atom stereocenters. The topological polar surface area (TPSA) is 79.5 Å². The molecule has 0 N–H and O–H groups in total. The van der Waals surface area contributed by atoms with Crippen molar-refractivity contribution in [2.75, 3.05) is 0 Å². The van der Waals surface area contributed by atoms with E-state index in [9.17, 15) is 10.1 Å². The average Bonchev–Trinajstić information content (AvgIpc) is 2.81. The maximum absolute atomic E-state index is 12.8. The monoisotopic (exact) mass is 434 g/mol. The fourth-order valence-corrected chi connectivity index (χ4v) is 5.54. The number of hydrogen-bond acceptors (Lipinski definition) is 5. The van der Waals surface area contributed by atoms with Gasteiger partial charge in [0, 0.05) is 39.9 Å². The van der Waals surface area contributed by atoms with E-state index in [1.165, 1.54) is 5.56 Å². The third-order valence-corrected chi connectivity index (χ3v) is 7.32. The van der Waals surface area contributed by atoms with Crippen LogP contribution in [0.2, 0.25) is 0 Å².